The molecule has 0 aliphatic heterocycles. The zero-order valence-corrected chi connectivity index (χ0v) is 5.42. The summed E-state index contributed by atoms with van der Waals surface area (Å²) in [6.45, 7) is 3.33. The molecule has 1 N–H and O–H groups in total. The van der Waals surface area contributed by atoms with Crippen molar-refractivity contribution in [3.8, 4) is 6.26 Å². The first-order chi connectivity index (χ1) is 4.15. The Balaban J connectivity index is 0. The van der Waals surface area contributed by atoms with E-state index in [2.05, 4.69) is 4.74 Å². The predicted molar refractivity (Wildman–Crippen MR) is 30.5 cm³/mol. The van der Waals surface area contributed by atoms with Crippen LogP contribution in [0.1, 0.15) is 13.8 Å². The fourth-order valence-corrected chi connectivity index (χ4v) is 0.0645. The van der Waals surface area contributed by atoms with Crippen molar-refractivity contribution in [1.82, 2.24) is 0 Å². The summed E-state index contributed by atoms with van der Waals surface area (Å²) in [5, 5.41) is 15.0. The summed E-state index contributed by atoms with van der Waals surface area (Å²) in [5.74, 6) is -0.833. The molecule has 0 rings (SSSR count). The third-order valence-corrected chi connectivity index (χ3v) is 0.209. The highest BCUT2D eigenvalue weighted by molar-refractivity contribution is 5.62. The molecule has 0 radical (unpaired) electrons. The number of carbonyl (C=O) groups is 1. The van der Waals surface area contributed by atoms with Crippen LogP contribution in [0.25, 0.3) is 0 Å². The minimum Gasteiger partial charge on any atom is -0.481 e. The molecule has 0 atom stereocenters. The van der Waals surface area contributed by atoms with Gasteiger partial charge in [-0.2, -0.15) is 5.26 Å². The summed E-state index contributed by atoms with van der Waals surface area (Å²) in [4.78, 5) is 9.00. The van der Waals surface area contributed by atoms with Gasteiger partial charge in [0.15, 0.2) is 0 Å². The lowest BCUT2D eigenvalue weighted by atomic mass is 10.9. The first-order valence-corrected chi connectivity index (χ1v) is 2.35. The maximum Gasteiger partial charge on any atom is 0.300 e. The first-order valence-electron chi connectivity index (χ1n) is 2.35. The van der Waals surface area contributed by atoms with Gasteiger partial charge >= 0.3 is 0 Å². The van der Waals surface area contributed by atoms with Gasteiger partial charge in [0.25, 0.3) is 12.2 Å². The minimum atomic E-state index is -0.833. The molecule has 0 saturated carbocycles. The highest BCUT2D eigenvalue weighted by Crippen LogP contribution is 1.58. The van der Waals surface area contributed by atoms with E-state index < -0.39 is 5.97 Å². The van der Waals surface area contributed by atoms with E-state index in [1.807, 2.05) is 0 Å². The van der Waals surface area contributed by atoms with Gasteiger partial charge in [-0.15, -0.1) is 0 Å². The topological polar surface area (TPSA) is 70.3 Å². The van der Waals surface area contributed by atoms with Gasteiger partial charge in [-0.1, -0.05) is 0 Å². The monoisotopic (exact) mass is 131 g/mol. The molecule has 0 amide bonds. The zero-order valence-electron chi connectivity index (χ0n) is 5.42. The molecule has 0 heterocycles. The van der Waals surface area contributed by atoms with Crippen molar-refractivity contribution < 1.29 is 14.6 Å². The van der Waals surface area contributed by atoms with Gasteiger partial charge in [-0.3, -0.25) is 4.79 Å². The van der Waals surface area contributed by atoms with Crippen molar-refractivity contribution in [1.29, 1.82) is 5.26 Å². The number of ether oxygens (including phenoxy) is 1. The Bertz CT molecular complexity index is 101. The largest absolute Gasteiger partial charge is 0.481 e. The quantitative estimate of drug-likeness (QED) is 0.529. The van der Waals surface area contributed by atoms with Crippen LogP contribution in [0, 0.1) is 11.5 Å². The third-order valence-electron chi connectivity index (χ3n) is 0.209. The Morgan fingerprint density at radius 1 is 1.89 bits per heavy atom. The summed E-state index contributed by atoms with van der Waals surface area (Å²) in [7, 11) is 0. The molecule has 0 spiro atoms. The van der Waals surface area contributed by atoms with Crippen LogP contribution in [-0.4, -0.2) is 17.7 Å². The van der Waals surface area contributed by atoms with Gasteiger partial charge in [0.2, 0.25) is 0 Å². The maximum atomic E-state index is 9.00. The fourth-order valence-electron chi connectivity index (χ4n) is 0.0645. The van der Waals surface area contributed by atoms with E-state index in [0.29, 0.717) is 6.61 Å². The smallest absolute Gasteiger partial charge is 0.300 e. The number of carboxylic acid groups (broad SMARTS) is 1. The lowest BCUT2D eigenvalue weighted by Gasteiger charge is -1.76. The SMILES string of the molecule is CC(=O)O.CCOC#N. The minimum absolute atomic E-state index is 0.483. The van der Waals surface area contributed by atoms with Crippen LogP contribution >= 0.6 is 0 Å². The van der Waals surface area contributed by atoms with E-state index in [-0.39, 0.29) is 0 Å². The normalized spacial score (nSPS) is 5.89. The Hall–Kier alpha value is -1.24. The standard InChI is InChI=1S/C3H5NO.C2H4O2/c1-2-5-3-4;1-2(3)4/h2H2,1H3;1H3,(H,3,4). The second-order valence-electron chi connectivity index (χ2n) is 1.04. The summed E-state index contributed by atoms with van der Waals surface area (Å²) in [6, 6.07) is 0. The summed E-state index contributed by atoms with van der Waals surface area (Å²) in [6.07, 6.45) is 1.52. The average molecular weight is 131 g/mol. The molecule has 0 unspecified atom stereocenters. The van der Waals surface area contributed by atoms with E-state index in [9.17, 15) is 0 Å². The van der Waals surface area contributed by atoms with Crippen molar-refractivity contribution in [3.05, 3.63) is 0 Å². The fraction of sp³-hybridized carbons (Fsp3) is 0.600. The molecule has 0 saturated heterocycles. The van der Waals surface area contributed by atoms with Crippen molar-refractivity contribution in [2.75, 3.05) is 6.61 Å². The molecule has 4 heteroatoms. The second kappa shape index (κ2) is 9.90. The number of carboxylic acids is 1. The van der Waals surface area contributed by atoms with E-state index in [1.165, 1.54) is 6.26 Å². The Morgan fingerprint density at radius 3 is 2.22 bits per heavy atom. The average Bonchev–Trinajstić information content (AvgIpc) is 1.66. The van der Waals surface area contributed by atoms with Crippen LogP contribution < -0.4 is 0 Å². The van der Waals surface area contributed by atoms with E-state index in [0.717, 1.165) is 6.92 Å². The predicted octanol–water partition coefficient (Wildman–Crippen LogP) is 0.595. The third kappa shape index (κ3) is 265. The van der Waals surface area contributed by atoms with Crippen molar-refractivity contribution in [3.63, 3.8) is 0 Å². The molecule has 0 aromatic rings. The highest BCUT2D eigenvalue weighted by Gasteiger charge is 1.65. The Morgan fingerprint density at radius 2 is 2.22 bits per heavy atom. The molecule has 0 aromatic carbocycles. The van der Waals surface area contributed by atoms with E-state index >= 15 is 0 Å². The van der Waals surface area contributed by atoms with Crippen molar-refractivity contribution in [2.24, 2.45) is 0 Å². The first kappa shape index (κ1) is 10.7. The van der Waals surface area contributed by atoms with Gasteiger partial charge < -0.3 is 9.84 Å². The Kier molecular flexibility index (Phi) is 11.8. The zero-order chi connectivity index (χ0) is 7.70. The van der Waals surface area contributed by atoms with Gasteiger partial charge in [-0.05, 0) is 6.92 Å². The number of rotatable bonds is 1. The summed E-state index contributed by atoms with van der Waals surface area (Å²) in [5.41, 5.74) is 0. The van der Waals surface area contributed by atoms with Crippen LogP contribution in [0.5, 0.6) is 0 Å². The van der Waals surface area contributed by atoms with Crippen LogP contribution in [0.15, 0.2) is 0 Å². The molecule has 0 fully saturated rings. The molecular formula is C5H9NO3. The second-order valence-corrected chi connectivity index (χ2v) is 1.04. The Labute approximate surface area is 53.7 Å². The lowest BCUT2D eigenvalue weighted by molar-refractivity contribution is -0.134. The van der Waals surface area contributed by atoms with Gasteiger partial charge in [-0.25, -0.2) is 0 Å². The lowest BCUT2D eigenvalue weighted by Crippen LogP contribution is -1.78. The number of hydrogen-bond donors (Lipinski definition) is 1. The number of aliphatic carboxylic acids is 1. The molecule has 4 nitrogen and oxygen atoms in total. The molecule has 0 aromatic heterocycles. The molecule has 9 heavy (non-hydrogen) atoms. The highest BCUT2D eigenvalue weighted by atomic mass is 16.5. The van der Waals surface area contributed by atoms with Crippen molar-refractivity contribution in [2.45, 2.75) is 13.8 Å². The summed E-state index contributed by atoms with van der Waals surface area (Å²) >= 11 is 0. The van der Waals surface area contributed by atoms with Crippen molar-refractivity contribution >= 4 is 5.97 Å². The van der Waals surface area contributed by atoms with Gasteiger partial charge in [0, 0.05) is 6.92 Å². The molecule has 0 bridgehead atoms. The molecule has 0 aliphatic rings. The van der Waals surface area contributed by atoms with E-state index in [4.69, 9.17) is 15.2 Å². The van der Waals surface area contributed by atoms with Crippen LogP contribution in [0.4, 0.5) is 0 Å². The van der Waals surface area contributed by atoms with Crippen LogP contribution in [0.3, 0.4) is 0 Å². The van der Waals surface area contributed by atoms with Crippen LogP contribution in [-0.2, 0) is 9.53 Å². The number of hydrogen-bond acceptors (Lipinski definition) is 3. The maximum absolute atomic E-state index is 9.00. The number of nitriles is 1. The molecule has 0 aliphatic carbocycles. The van der Waals surface area contributed by atoms with Gasteiger partial charge in [0.1, 0.15) is 0 Å². The molecular weight excluding hydrogens is 122 g/mol. The van der Waals surface area contributed by atoms with E-state index in [1.54, 1.807) is 6.92 Å². The molecule has 52 valence electrons. The van der Waals surface area contributed by atoms with Crippen LogP contribution in [0.2, 0.25) is 0 Å². The summed E-state index contributed by atoms with van der Waals surface area (Å²) < 4.78 is 4.14. The number of nitrogens with zero attached hydrogens (tertiary/aromatic N) is 1. The van der Waals surface area contributed by atoms with Gasteiger partial charge in [0.05, 0.1) is 6.61 Å².